The molecule has 0 aromatic heterocycles. The lowest BCUT2D eigenvalue weighted by Gasteiger charge is -2.32. The Morgan fingerprint density at radius 1 is 1.28 bits per heavy atom. The molecule has 0 heterocycles. The highest BCUT2D eigenvalue weighted by molar-refractivity contribution is 5.25. The molecular weight excluding hydrogens is 224 g/mol. The molecule has 3 heteroatoms. The highest BCUT2D eigenvalue weighted by atomic mass is 16.5. The van der Waals surface area contributed by atoms with Crippen LogP contribution in [0.3, 0.4) is 0 Å². The lowest BCUT2D eigenvalue weighted by molar-refractivity contribution is 0.0910. The Bertz CT molecular complexity index is 337. The van der Waals surface area contributed by atoms with Crippen LogP contribution in [0.5, 0.6) is 0 Å². The smallest absolute Gasteiger partial charge is 0.0615 e. The molecular formula is C15H26N2O. The summed E-state index contributed by atoms with van der Waals surface area (Å²) >= 11 is 0. The molecule has 3 nitrogen and oxygen atoms in total. The zero-order valence-corrected chi connectivity index (χ0v) is 12.0. The molecule has 1 aromatic carbocycles. The summed E-state index contributed by atoms with van der Waals surface area (Å²) in [6, 6.07) is 9.36. The van der Waals surface area contributed by atoms with Crippen LogP contribution in [0.4, 0.5) is 0 Å². The van der Waals surface area contributed by atoms with E-state index in [0.29, 0.717) is 12.6 Å². The van der Waals surface area contributed by atoms with E-state index >= 15 is 0 Å². The van der Waals surface area contributed by atoms with E-state index in [-0.39, 0.29) is 6.04 Å². The van der Waals surface area contributed by atoms with Crippen LogP contribution < -0.4 is 5.73 Å². The van der Waals surface area contributed by atoms with Crippen molar-refractivity contribution < 1.29 is 4.74 Å². The second-order valence-electron chi connectivity index (χ2n) is 4.82. The van der Waals surface area contributed by atoms with Crippen LogP contribution in [-0.4, -0.2) is 38.3 Å². The standard InChI is InChI=1S/C15H26N2O/c1-5-13-6-8-14(9-7-13)15(10-16)17(3)12(2)11-18-4/h6-9,12,15H,5,10-11,16H2,1-4H3. The van der Waals surface area contributed by atoms with Crippen molar-refractivity contribution in [2.75, 3.05) is 27.3 Å². The normalized spacial score (nSPS) is 14.8. The predicted molar refractivity (Wildman–Crippen MR) is 76.7 cm³/mol. The Morgan fingerprint density at radius 3 is 2.33 bits per heavy atom. The van der Waals surface area contributed by atoms with E-state index in [0.717, 1.165) is 13.0 Å². The SMILES string of the molecule is CCc1ccc(C(CN)N(C)C(C)COC)cc1. The zero-order valence-electron chi connectivity index (χ0n) is 12.0. The monoisotopic (exact) mass is 250 g/mol. The molecule has 1 aromatic rings. The van der Waals surface area contributed by atoms with Crippen LogP contribution >= 0.6 is 0 Å². The van der Waals surface area contributed by atoms with Gasteiger partial charge in [-0.15, -0.1) is 0 Å². The largest absolute Gasteiger partial charge is 0.383 e. The van der Waals surface area contributed by atoms with Gasteiger partial charge in [0.25, 0.3) is 0 Å². The van der Waals surface area contributed by atoms with Gasteiger partial charge in [-0.2, -0.15) is 0 Å². The van der Waals surface area contributed by atoms with Crippen molar-refractivity contribution in [2.45, 2.75) is 32.4 Å². The number of aryl methyl sites for hydroxylation is 1. The quantitative estimate of drug-likeness (QED) is 0.806. The lowest BCUT2D eigenvalue weighted by atomic mass is 10.0. The number of hydrogen-bond donors (Lipinski definition) is 1. The Kier molecular flexibility index (Phi) is 6.33. The average Bonchev–Trinajstić information content (AvgIpc) is 2.40. The molecule has 0 aliphatic carbocycles. The third-order valence-electron chi connectivity index (χ3n) is 3.59. The second kappa shape index (κ2) is 7.52. The van der Waals surface area contributed by atoms with E-state index in [9.17, 15) is 0 Å². The Morgan fingerprint density at radius 2 is 1.89 bits per heavy atom. The number of hydrogen-bond acceptors (Lipinski definition) is 3. The molecule has 0 fully saturated rings. The fourth-order valence-corrected chi connectivity index (χ4v) is 2.18. The summed E-state index contributed by atoms with van der Waals surface area (Å²) in [5, 5.41) is 0. The molecule has 0 saturated carbocycles. The van der Waals surface area contributed by atoms with E-state index in [4.69, 9.17) is 10.5 Å². The number of nitrogens with zero attached hydrogens (tertiary/aromatic N) is 1. The van der Waals surface area contributed by atoms with Gasteiger partial charge in [0.2, 0.25) is 0 Å². The maximum atomic E-state index is 5.93. The molecule has 2 unspecified atom stereocenters. The average molecular weight is 250 g/mol. The molecule has 0 aliphatic rings. The van der Waals surface area contributed by atoms with Crippen LogP contribution in [0.2, 0.25) is 0 Å². The van der Waals surface area contributed by atoms with E-state index < -0.39 is 0 Å². The van der Waals surface area contributed by atoms with Gasteiger partial charge in [-0.3, -0.25) is 4.90 Å². The minimum absolute atomic E-state index is 0.251. The molecule has 0 aliphatic heterocycles. The van der Waals surface area contributed by atoms with Gasteiger partial charge in [0.05, 0.1) is 6.61 Å². The number of ether oxygens (including phenoxy) is 1. The maximum Gasteiger partial charge on any atom is 0.0615 e. The van der Waals surface area contributed by atoms with Crippen molar-refractivity contribution >= 4 is 0 Å². The molecule has 102 valence electrons. The molecule has 0 spiro atoms. The van der Waals surface area contributed by atoms with Gasteiger partial charge in [-0.25, -0.2) is 0 Å². The summed E-state index contributed by atoms with van der Waals surface area (Å²) in [4.78, 5) is 2.28. The summed E-state index contributed by atoms with van der Waals surface area (Å²) in [5.74, 6) is 0. The molecule has 0 amide bonds. The third kappa shape index (κ3) is 3.80. The number of benzene rings is 1. The van der Waals surface area contributed by atoms with E-state index in [1.165, 1.54) is 11.1 Å². The first-order valence-corrected chi connectivity index (χ1v) is 6.63. The van der Waals surface area contributed by atoms with Gasteiger partial charge in [0.15, 0.2) is 0 Å². The first kappa shape index (κ1) is 15.2. The van der Waals surface area contributed by atoms with Crippen LogP contribution in [0.25, 0.3) is 0 Å². The summed E-state index contributed by atoms with van der Waals surface area (Å²) in [6.45, 7) is 5.67. The molecule has 1 rings (SSSR count). The van der Waals surface area contributed by atoms with Crippen molar-refractivity contribution in [2.24, 2.45) is 5.73 Å². The summed E-state index contributed by atoms with van der Waals surface area (Å²) < 4.78 is 5.21. The first-order valence-electron chi connectivity index (χ1n) is 6.63. The molecule has 0 saturated heterocycles. The zero-order chi connectivity index (χ0) is 13.5. The Hall–Kier alpha value is -0.900. The van der Waals surface area contributed by atoms with Gasteiger partial charge in [0.1, 0.15) is 0 Å². The highest BCUT2D eigenvalue weighted by Gasteiger charge is 2.20. The second-order valence-corrected chi connectivity index (χ2v) is 4.82. The van der Waals surface area contributed by atoms with Crippen molar-refractivity contribution in [3.8, 4) is 0 Å². The molecule has 0 bridgehead atoms. The summed E-state index contributed by atoms with van der Waals surface area (Å²) in [5.41, 5.74) is 8.57. The van der Waals surface area contributed by atoms with E-state index in [2.05, 4.69) is 50.1 Å². The molecule has 18 heavy (non-hydrogen) atoms. The van der Waals surface area contributed by atoms with Crippen LogP contribution in [0.15, 0.2) is 24.3 Å². The van der Waals surface area contributed by atoms with Crippen LogP contribution in [0, 0.1) is 0 Å². The van der Waals surface area contributed by atoms with Crippen molar-refractivity contribution in [1.82, 2.24) is 4.90 Å². The number of methoxy groups -OCH3 is 1. The van der Waals surface area contributed by atoms with Gasteiger partial charge < -0.3 is 10.5 Å². The Balaban J connectivity index is 2.80. The molecule has 0 radical (unpaired) electrons. The van der Waals surface area contributed by atoms with E-state index in [1.807, 2.05) is 0 Å². The number of nitrogens with two attached hydrogens (primary N) is 1. The Labute approximate surface area is 111 Å². The van der Waals surface area contributed by atoms with Gasteiger partial charge in [-0.1, -0.05) is 31.2 Å². The maximum absolute atomic E-state index is 5.93. The topological polar surface area (TPSA) is 38.5 Å². The third-order valence-corrected chi connectivity index (χ3v) is 3.59. The first-order chi connectivity index (χ1) is 8.63. The summed E-state index contributed by atoms with van der Waals surface area (Å²) in [7, 11) is 3.84. The van der Waals surface area contributed by atoms with Crippen molar-refractivity contribution in [3.05, 3.63) is 35.4 Å². The lowest BCUT2D eigenvalue weighted by Crippen LogP contribution is -2.39. The minimum atomic E-state index is 0.251. The van der Waals surface area contributed by atoms with Crippen molar-refractivity contribution in [3.63, 3.8) is 0 Å². The predicted octanol–water partition coefficient (Wildman–Crippen LogP) is 2.22. The fraction of sp³-hybridized carbons (Fsp3) is 0.600. The fourth-order valence-electron chi connectivity index (χ4n) is 2.18. The highest BCUT2D eigenvalue weighted by Crippen LogP contribution is 2.21. The number of likely N-dealkylation sites (N-methyl/N-ethyl adjacent to an activating group) is 1. The number of rotatable bonds is 7. The van der Waals surface area contributed by atoms with Crippen molar-refractivity contribution in [1.29, 1.82) is 0 Å². The molecule has 2 N–H and O–H groups in total. The van der Waals surface area contributed by atoms with Crippen LogP contribution in [0.1, 0.15) is 31.0 Å². The van der Waals surface area contributed by atoms with Gasteiger partial charge in [-0.05, 0) is 31.5 Å². The van der Waals surface area contributed by atoms with Crippen LogP contribution in [-0.2, 0) is 11.2 Å². The minimum Gasteiger partial charge on any atom is -0.383 e. The van der Waals surface area contributed by atoms with Gasteiger partial charge in [0, 0.05) is 25.7 Å². The van der Waals surface area contributed by atoms with E-state index in [1.54, 1.807) is 7.11 Å². The molecule has 2 atom stereocenters. The van der Waals surface area contributed by atoms with Gasteiger partial charge >= 0.3 is 0 Å². The summed E-state index contributed by atoms with van der Waals surface area (Å²) in [6.07, 6.45) is 1.07.